The van der Waals surface area contributed by atoms with Crippen LogP contribution in [-0.4, -0.2) is 19.5 Å². The van der Waals surface area contributed by atoms with E-state index in [2.05, 4.69) is 15.0 Å². The number of aromatic nitrogens is 4. The largest absolute Gasteiger partial charge is 0.382 e. The second-order valence-electron chi connectivity index (χ2n) is 4.23. The van der Waals surface area contributed by atoms with Gasteiger partial charge in [0.05, 0.1) is 18.4 Å². The molecular weight excluding hydrogens is 259 g/mol. The van der Waals surface area contributed by atoms with Gasteiger partial charge < -0.3 is 10.3 Å². The zero-order valence-electron chi connectivity index (χ0n) is 10.3. The summed E-state index contributed by atoms with van der Waals surface area (Å²) in [6, 6.07) is 6.21. The van der Waals surface area contributed by atoms with E-state index in [1.165, 1.54) is 18.5 Å². The fourth-order valence-corrected chi connectivity index (χ4v) is 1.97. The summed E-state index contributed by atoms with van der Waals surface area (Å²) in [5, 5.41) is 8.83. The standard InChI is InChI=1S/C13H9FN6/c14-10-2-1-8(3-9(10)4-15)5-20-7-19-11-12(16)17-6-18-13(11)20/h1-3,6-7H,5H2,(H2,16,17,18). The molecule has 7 heteroatoms. The van der Waals surface area contributed by atoms with Crippen LogP contribution in [0.15, 0.2) is 30.9 Å². The molecule has 6 nitrogen and oxygen atoms in total. The van der Waals surface area contributed by atoms with E-state index in [1.807, 2.05) is 6.07 Å². The Kier molecular flexibility index (Phi) is 2.76. The van der Waals surface area contributed by atoms with E-state index >= 15 is 0 Å². The molecule has 0 unspecified atom stereocenters. The lowest BCUT2D eigenvalue weighted by atomic mass is 10.1. The summed E-state index contributed by atoms with van der Waals surface area (Å²) >= 11 is 0. The number of benzene rings is 1. The highest BCUT2D eigenvalue weighted by Gasteiger charge is 2.09. The predicted molar refractivity (Wildman–Crippen MR) is 70.0 cm³/mol. The summed E-state index contributed by atoms with van der Waals surface area (Å²) in [6.07, 6.45) is 2.95. The first-order valence-corrected chi connectivity index (χ1v) is 5.79. The number of anilines is 1. The molecule has 0 saturated heterocycles. The summed E-state index contributed by atoms with van der Waals surface area (Å²) in [7, 11) is 0. The maximum atomic E-state index is 13.3. The highest BCUT2D eigenvalue weighted by molar-refractivity contribution is 5.81. The smallest absolute Gasteiger partial charge is 0.165 e. The highest BCUT2D eigenvalue weighted by atomic mass is 19.1. The van der Waals surface area contributed by atoms with Gasteiger partial charge in [-0.05, 0) is 17.7 Å². The van der Waals surface area contributed by atoms with Crippen molar-refractivity contribution in [3.05, 3.63) is 47.8 Å². The van der Waals surface area contributed by atoms with Crippen molar-refractivity contribution in [3.8, 4) is 6.07 Å². The number of hydrogen-bond donors (Lipinski definition) is 1. The quantitative estimate of drug-likeness (QED) is 0.759. The molecule has 3 rings (SSSR count). The lowest BCUT2D eigenvalue weighted by Gasteiger charge is -2.05. The summed E-state index contributed by atoms with van der Waals surface area (Å²) < 4.78 is 15.0. The summed E-state index contributed by atoms with van der Waals surface area (Å²) in [5.74, 6) is -0.219. The van der Waals surface area contributed by atoms with Crippen LogP contribution < -0.4 is 5.73 Å². The molecule has 0 fully saturated rings. The zero-order valence-corrected chi connectivity index (χ0v) is 10.3. The summed E-state index contributed by atoms with van der Waals surface area (Å²) in [4.78, 5) is 12.1. The minimum atomic E-state index is -0.529. The Labute approximate surface area is 113 Å². The van der Waals surface area contributed by atoms with Crippen molar-refractivity contribution in [1.29, 1.82) is 5.26 Å². The van der Waals surface area contributed by atoms with Gasteiger partial charge in [-0.1, -0.05) is 6.07 Å². The normalized spacial score (nSPS) is 10.6. The Bertz CT molecular complexity index is 832. The molecule has 0 radical (unpaired) electrons. The van der Waals surface area contributed by atoms with Crippen molar-refractivity contribution in [1.82, 2.24) is 19.5 Å². The average Bonchev–Trinajstić information content (AvgIpc) is 2.86. The number of halogens is 1. The van der Waals surface area contributed by atoms with E-state index in [0.717, 1.165) is 5.56 Å². The van der Waals surface area contributed by atoms with E-state index in [4.69, 9.17) is 11.0 Å². The molecule has 0 aliphatic heterocycles. The van der Waals surface area contributed by atoms with Gasteiger partial charge in [0.1, 0.15) is 23.7 Å². The van der Waals surface area contributed by atoms with E-state index in [1.54, 1.807) is 17.0 Å². The van der Waals surface area contributed by atoms with Crippen LogP contribution in [0, 0.1) is 17.1 Å². The lowest BCUT2D eigenvalue weighted by Crippen LogP contribution is -2.01. The van der Waals surface area contributed by atoms with Crippen molar-refractivity contribution in [3.63, 3.8) is 0 Å². The van der Waals surface area contributed by atoms with Gasteiger partial charge in [-0.2, -0.15) is 5.26 Å². The van der Waals surface area contributed by atoms with Crippen LogP contribution in [0.2, 0.25) is 0 Å². The monoisotopic (exact) mass is 268 g/mol. The van der Waals surface area contributed by atoms with E-state index in [0.29, 0.717) is 23.5 Å². The van der Waals surface area contributed by atoms with Gasteiger partial charge in [0.15, 0.2) is 11.5 Å². The Morgan fingerprint density at radius 1 is 1.30 bits per heavy atom. The van der Waals surface area contributed by atoms with E-state index in [-0.39, 0.29) is 5.56 Å². The molecule has 98 valence electrons. The molecule has 20 heavy (non-hydrogen) atoms. The topological polar surface area (TPSA) is 93.4 Å². The number of rotatable bonds is 2. The van der Waals surface area contributed by atoms with E-state index in [9.17, 15) is 4.39 Å². The van der Waals surface area contributed by atoms with Crippen molar-refractivity contribution >= 4 is 17.0 Å². The minimum absolute atomic E-state index is 0.0149. The molecule has 0 saturated carbocycles. The molecule has 0 amide bonds. The van der Waals surface area contributed by atoms with Gasteiger partial charge in [0, 0.05) is 0 Å². The van der Waals surface area contributed by atoms with Gasteiger partial charge >= 0.3 is 0 Å². The molecule has 0 spiro atoms. The van der Waals surface area contributed by atoms with Crippen molar-refractivity contribution < 1.29 is 4.39 Å². The number of imidazole rings is 1. The fourth-order valence-electron chi connectivity index (χ4n) is 1.97. The van der Waals surface area contributed by atoms with E-state index < -0.39 is 5.82 Å². The summed E-state index contributed by atoms with van der Waals surface area (Å²) in [5.41, 5.74) is 7.62. The molecule has 1 aromatic carbocycles. The number of nitrogens with two attached hydrogens (primary N) is 1. The van der Waals surface area contributed by atoms with Gasteiger partial charge in [0.25, 0.3) is 0 Å². The molecule has 0 atom stereocenters. The third-order valence-corrected chi connectivity index (χ3v) is 2.93. The molecule has 0 bridgehead atoms. The highest BCUT2D eigenvalue weighted by Crippen LogP contribution is 2.17. The first-order chi connectivity index (χ1) is 9.69. The zero-order chi connectivity index (χ0) is 14.1. The number of nitriles is 1. The molecule has 2 N–H and O–H groups in total. The Morgan fingerprint density at radius 3 is 2.95 bits per heavy atom. The van der Waals surface area contributed by atoms with Crippen LogP contribution in [0.25, 0.3) is 11.2 Å². The minimum Gasteiger partial charge on any atom is -0.382 e. The molecule has 0 aliphatic rings. The van der Waals surface area contributed by atoms with Crippen LogP contribution in [0.3, 0.4) is 0 Å². The fraction of sp³-hybridized carbons (Fsp3) is 0.0769. The molecule has 2 heterocycles. The van der Waals surface area contributed by atoms with Gasteiger partial charge in [-0.3, -0.25) is 0 Å². The van der Waals surface area contributed by atoms with Gasteiger partial charge in [0.2, 0.25) is 0 Å². The Hall–Kier alpha value is -3.01. The number of nitrogen functional groups attached to an aromatic ring is 1. The van der Waals surface area contributed by atoms with Crippen LogP contribution in [-0.2, 0) is 6.54 Å². The van der Waals surface area contributed by atoms with Crippen LogP contribution in [0.1, 0.15) is 11.1 Å². The van der Waals surface area contributed by atoms with Crippen LogP contribution in [0.5, 0.6) is 0 Å². The Balaban J connectivity index is 2.02. The maximum Gasteiger partial charge on any atom is 0.165 e. The SMILES string of the molecule is N#Cc1cc(Cn2cnc3c(N)ncnc32)ccc1F. The second kappa shape index (κ2) is 4.59. The van der Waals surface area contributed by atoms with Crippen molar-refractivity contribution in [2.24, 2.45) is 0 Å². The van der Waals surface area contributed by atoms with Crippen molar-refractivity contribution in [2.75, 3.05) is 5.73 Å². The molecule has 0 aliphatic carbocycles. The third kappa shape index (κ3) is 1.93. The predicted octanol–water partition coefficient (Wildman–Crippen LogP) is 1.47. The average molecular weight is 268 g/mol. The number of hydrogen-bond acceptors (Lipinski definition) is 5. The molecular formula is C13H9FN6. The van der Waals surface area contributed by atoms with Crippen molar-refractivity contribution in [2.45, 2.75) is 6.54 Å². The Morgan fingerprint density at radius 2 is 2.15 bits per heavy atom. The first kappa shape index (κ1) is 12.0. The molecule has 3 aromatic rings. The van der Waals surface area contributed by atoms with Crippen LogP contribution in [0.4, 0.5) is 10.2 Å². The lowest BCUT2D eigenvalue weighted by molar-refractivity contribution is 0.622. The molecule has 2 aromatic heterocycles. The second-order valence-corrected chi connectivity index (χ2v) is 4.23. The number of fused-ring (bicyclic) bond motifs is 1. The third-order valence-electron chi connectivity index (χ3n) is 2.93. The van der Waals surface area contributed by atoms with Crippen LogP contribution >= 0.6 is 0 Å². The maximum absolute atomic E-state index is 13.3. The van der Waals surface area contributed by atoms with Gasteiger partial charge in [-0.15, -0.1) is 0 Å². The first-order valence-electron chi connectivity index (χ1n) is 5.79. The summed E-state index contributed by atoms with van der Waals surface area (Å²) in [6.45, 7) is 0.419. The van der Waals surface area contributed by atoms with Gasteiger partial charge in [-0.25, -0.2) is 19.3 Å². The number of nitrogens with zero attached hydrogens (tertiary/aromatic N) is 5.